The van der Waals surface area contributed by atoms with Gasteiger partial charge in [-0.3, -0.25) is 4.79 Å². The first kappa shape index (κ1) is 24.7. The van der Waals surface area contributed by atoms with Crippen LogP contribution in [0, 0.1) is 18.3 Å². The molecule has 0 saturated heterocycles. The topological polar surface area (TPSA) is 88.4 Å². The van der Waals surface area contributed by atoms with Crippen LogP contribution >= 0.6 is 11.3 Å². The maximum absolute atomic E-state index is 13.0. The minimum atomic E-state index is -0.597. The van der Waals surface area contributed by atoms with E-state index in [1.807, 2.05) is 50.2 Å². The fourth-order valence-corrected chi connectivity index (χ4v) is 4.41. The Morgan fingerprint density at radius 1 is 1.09 bits per heavy atom. The number of carbonyl (C=O) groups excluding carboxylic acids is 2. The maximum Gasteiger partial charge on any atom is 0.341 e. The number of benzene rings is 2. The zero-order valence-corrected chi connectivity index (χ0v) is 20.2. The largest absolute Gasteiger partial charge is 0.494 e. The van der Waals surface area contributed by atoms with Crippen molar-refractivity contribution in [3.8, 4) is 22.9 Å². The number of anilines is 1. The van der Waals surface area contributed by atoms with Crippen molar-refractivity contribution in [2.75, 3.05) is 18.5 Å². The highest BCUT2D eigenvalue weighted by Gasteiger charge is 2.26. The van der Waals surface area contributed by atoms with E-state index in [1.165, 1.54) is 17.4 Å². The Bertz CT molecular complexity index is 1220. The first-order chi connectivity index (χ1) is 16.5. The Morgan fingerprint density at radius 2 is 1.79 bits per heavy atom. The van der Waals surface area contributed by atoms with Crippen LogP contribution in [0.4, 0.5) is 5.00 Å². The van der Waals surface area contributed by atoms with Gasteiger partial charge in [0.05, 0.1) is 13.2 Å². The first-order valence-corrected chi connectivity index (χ1v) is 11.8. The first-order valence-electron chi connectivity index (χ1n) is 11.0. The van der Waals surface area contributed by atoms with Gasteiger partial charge < -0.3 is 14.8 Å². The van der Waals surface area contributed by atoms with Crippen molar-refractivity contribution in [3.05, 3.63) is 76.2 Å². The fraction of sp³-hybridized carbons (Fsp3) is 0.222. The van der Waals surface area contributed by atoms with Gasteiger partial charge in [0.15, 0.2) is 0 Å². The molecule has 6 nitrogen and oxygen atoms in total. The average Bonchev–Trinajstić information content (AvgIpc) is 3.17. The molecular formula is C27H26N2O4S. The van der Waals surface area contributed by atoms with E-state index < -0.39 is 11.9 Å². The minimum Gasteiger partial charge on any atom is -0.494 e. The summed E-state index contributed by atoms with van der Waals surface area (Å²) < 4.78 is 10.8. The van der Waals surface area contributed by atoms with Gasteiger partial charge in [-0.05, 0) is 49.6 Å². The number of nitriles is 1. The smallest absolute Gasteiger partial charge is 0.341 e. The standard InChI is InChI=1S/C27H26N2O4S/c1-4-15-33-22-13-11-19(12-14-22)16-21(17-28)25(30)29-26-24(27(31)32-5-2)23(18(3)34-26)20-9-7-6-8-10-20/h6-14,16H,4-5,15H2,1-3H3,(H,29,30)/b21-16+. The minimum absolute atomic E-state index is 0.0793. The number of esters is 1. The van der Waals surface area contributed by atoms with Crippen molar-refractivity contribution >= 4 is 34.3 Å². The van der Waals surface area contributed by atoms with Crippen molar-refractivity contribution in [3.63, 3.8) is 0 Å². The molecule has 0 radical (unpaired) electrons. The SMILES string of the molecule is CCCOc1ccc(/C=C(\C#N)C(=O)Nc2sc(C)c(-c3ccccc3)c2C(=O)OCC)cc1. The summed E-state index contributed by atoms with van der Waals surface area (Å²) in [6.07, 6.45) is 2.41. The molecule has 0 aliphatic carbocycles. The maximum atomic E-state index is 13.0. The molecule has 0 unspecified atom stereocenters. The van der Waals surface area contributed by atoms with Crippen molar-refractivity contribution in [2.24, 2.45) is 0 Å². The van der Waals surface area contributed by atoms with E-state index in [0.29, 0.717) is 28.3 Å². The van der Waals surface area contributed by atoms with Crippen LogP contribution in [0.5, 0.6) is 5.75 Å². The van der Waals surface area contributed by atoms with E-state index in [9.17, 15) is 14.9 Å². The van der Waals surface area contributed by atoms with Gasteiger partial charge in [0.25, 0.3) is 5.91 Å². The van der Waals surface area contributed by atoms with E-state index >= 15 is 0 Å². The molecule has 2 aromatic carbocycles. The summed E-state index contributed by atoms with van der Waals surface area (Å²) in [4.78, 5) is 26.7. The zero-order chi connectivity index (χ0) is 24.5. The number of rotatable bonds is 9. The molecular weight excluding hydrogens is 448 g/mol. The normalized spacial score (nSPS) is 10.9. The van der Waals surface area contributed by atoms with Gasteiger partial charge in [0, 0.05) is 10.4 Å². The lowest BCUT2D eigenvalue weighted by atomic mass is 10.0. The van der Waals surface area contributed by atoms with Crippen LogP contribution in [-0.2, 0) is 9.53 Å². The molecule has 0 spiro atoms. The Balaban J connectivity index is 1.91. The Hall–Kier alpha value is -3.89. The van der Waals surface area contributed by atoms with E-state index in [4.69, 9.17) is 9.47 Å². The third-order valence-electron chi connectivity index (χ3n) is 4.88. The number of aryl methyl sites for hydroxylation is 1. The van der Waals surface area contributed by atoms with E-state index in [-0.39, 0.29) is 12.2 Å². The molecule has 174 valence electrons. The molecule has 0 atom stereocenters. The second-order valence-electron chi connectivity index (χ2n) is 7.37. The van der Waals surface area contributed by atoms with Crippen molar-refractivity contribution in [1.29, 1.82) is 5.26 Å². The molecule has 1 amide bonds. The number of amides is 1. The van der Waals surface area contributed by atoms with Gasteiger partial charge in [0.2, 0.25) is 0 Å². The number of thiophene rings is 1. The van der Waals surface area contributed by atoms with Gasteiger partial charge in [-0.25, -0.2) is 4.79 Å². The second kappa shape index (κ2) is 11.8. The van der Waals surface area contributed by atoms with Gasteiger partial charge in [-0.1, -0.05) is 49.4 Å². The van der Waals surface area contributed by atoms with Crippen molar-refractivity contribution < 1.29 is 19.1 Å². The highest BCUT2D eigenvalue weighted by molar-refractivity contribution is 7.17. The molecule has 34 heavy (non-hydrogen) atoms. The Kier molecular flexibility index (Phi) is 8.60. The highest BCUT2D eigenvalue weighted by atomic mass is 32.1. The predicted octanol–water partition coefficient (Wildman–Crippen LogP) is 6.23. The van der Waals surface area contributed by atoms with E-state index in [2.05, 4.69) is 5.32 Å². The molecule has 0 aliphatic heterocycles. The zero-order valence-electron chi connectivity index (χ0n) is 19.4. The summed E-state index contributed by atoms with van der Waals surface area (Å²) >= 11 is 1.28. The molecule has 0 saturated carbocycles. The fourth-order valence-electron chi connectivity index (χ4n) is 3.35. The van der Waals surface area contributed by atoms with Crippen molar-refractivity contribution in [2.45, 2.75) is 27.2 Å². The Labute approximate surface area is 203 Å². The number of ether oxygens (including phenoxy) is 2. The molecule has 0 bridgehead atoms. The molecule has 0 aliphatic rings. The molecule has 1 N–H and O–H groups in total. The summed E-state index contributed by atoms with van der Waals surface area (Å²) in [7, 11) is 0. The lowest BCUT2D eigenvalue weighted by molar-refractivity contribution is -0.112. The third-order valence-corrected chi connectivity index (χ3v) is 5.90. The average molecular weight is 475 g/mol. The van der Waals surface area contributed by atoms with Gasteiger partial charge in [-0.2, -0.15) is 5.26 Å². The van der Waals surface area contributed by atoms with Crippen LogP contribution in [-0.4, -0.2) is 25.1 Å². The van der Waals surface area contributed by atoms with Crippen LogP contribution < -0.4 is 10.1 Å². The lowest BCUT2D eigenvalue weighted by Crippen LogP contribution is -2.16. The number of nitrogens with zero attached hydrogens (tertiary/aromatic N) is 1. The molecule has 1 aromatic heterocycles. The quantitative estimate of drug-likeness (QED) is 0.225. The third kappa shape index (κ3) is 5.91. The Morgan fingerprint density at radius 3 is 2.41 bits per heavy atom. The lowest BCUT2D eigenvalue weighted by Gasteiger charge is -2.09. The van der Waals surface area contributed by atoms with Gasteiger partial charge in [0.1, 0.15) is 28.0 Å². The molecule has 7 heteroatoms. The summed E-state index contributed by atoms with van der Waals surface area (Å²) in [5.41, 5.74) is 2.46. The van der Waals surface area contributed by atoms with Crippen LogP contribution in [0.2, 0.25) is 0 Å². The summed E-state index contributed by atoms with van der Waals surface area (Å²) in [6, 6.07) is 18.6. The van der Waals surface area contributed by atoms with Crippen LogP contribution in [0.15, 0.2) is 60.2 Å². The second-order valence-corrected chi connectivity index (χ2v) is 8.59. The number of hydrogen-bond donors (Lipinski definition) is 1. The number of nitrogens with one attached hydrogen (secondary N) is 1. The van der Waals surface area contributed by atoms with Gasteiger partial charge in [-0.15, -0.1) is 11.3 Å². The van der Waals surface area contributed by atoms with Crippen LogP contribution in [0.1, 0.15) is 41.1 Å². The van der Waals surface area contributed by atoms with Gasteiger partial charge >= 0.3 is 5.97 Å². The summed E-state index contributed by atoms with van der Waals surface area (Å²) in [5.74, 6) is -0.394. The molecule has 3 rings (SSSR count). The molecule has 1 heterocycles. The molecule has 0 fully saturated rings. The summed E-state index contributed by atoms with van der Waals surface area (Å²) in [5, 5.41) is 12.7. The van der Waals surface area contributed by atoms with Crippen LogP contribution in [0.25, 0.3) is 17.2 Å². The predicted molar refractivity (Wildman–Crippen MR) is 135 cm³/mol. The highest BCUT2D eigenvalue weighted by Crippen LogP contribution is 2.40. The monoisotopic (exact) mass is 474 g/mol. The molecule has 3 aromatic rings. The van der Waals surface area contributed by atoms with E-state index in [0.717, 1.165) is 22.6 Å². The van der Waals surface area contributed by atoms with Crippen molar-refractivity contribution in [1.82, 2.24) is 0 Å². The van der Waals surface area contributed by atoms with Crippen LogP contribution in [0.3, 0.4) is 0 Å². The number of carbonyl (C=O) groups is 2. The summed E-state index contributed by atoms with van der Waals surface area (Å²) in [6.45, 7) is 6.47. The number of hydrogen-bond acceptors (Lipinski definition) is 6. The van der Waals surface area contributed by atoms with E-state index in [1.54, 1.807) is 31.2 Å².